The number of rotatable bonds is 5. The minimum absolute atomic E-state index is 0.181. The molecule has 1 amide bonds. The summed E-state index contributed by atoms with van der Waals surface area (Å²) in [6.45, 7) is 0. The van der Waals surface area contributed by atoms with Crippen molar-refractivity contribution < 1.29 is 19.0 Å². The molecule has 0 unspecified atom stereocenters. The van der Waals surface area contributed by atoms with E-state index in [2.05, 4.69) is 0 Å². The Balaban J connectivity index is 1.95. The Labute approximate surface area is 161 Å². The molecule has 0 radical (unpaired) electrons. The number of carbonyl (C=O) groups is 1. The average molecular weight is 387 g/mol. The van der Waals surface area contributed by atoms with Gasteiger partial charge in [-0.25, -0.2) is 0 Å². The van der Waals surface area contributed by atoms with Gasteiger partial charge in [-0.05, 0) is 35.9 Å². The smallest absolute Gasteiger partial charge is 0.270 e. The zero-order valence-corrected chi connectivity index (χ0v) is 16.1. The number of thiocarbonyl (C=S) groups is 1. The van der Waals surface area contributed by atoms with Crippen LogP contribution in [0.4, 0.5) is 5.69 Å². The second kappa shape index (κ2) is 7.80. The van der Waals surface area contributed by atoms with E-state index in [4.69, 9.17) is 26.4 Å². The van der Waals surface area contributed by atoms with Crippen LogP contribution in [-0.2, 0) is 4.79 Å². The van der Waals surface area contributed by atoms with Gasteiger partial charge in [0.25, 0.3) is 5.91 Å². The Hall–Kier alpha value is -2.51. The fourth-order valence-corrected chi connectivity index (χ4v) is 3.87. The SMILES string of the molecule is COc1ccc(/C=C2/SC(=S)N(c3ccccc3OC)C2=O)cc1OC. The minimum Gasteiger partial charge on any atom is -0.495 e. The van der Waals surface area contributed by atoms with Crippen LogP contribution in [0.3, 0.4) is 0 Å². The van der Waals surface area contributed by atoms with Crippen LogP contribution < -0.4 is 19.1 Å². The average Bonchev–Trinajstić information content (AvgIpc) is 2.94. The normalized spacial score (nSPS) is 15.5. The van der Waals surface area contributed by atoms with E-state index in [9.17, 15) is 4.79 Å². The first kappa shape index (κ1) is 18.3. The maximum atomic E-state index is 12.9. The summed E-state index contributed by atoms with van der Waals surface area (Å²) in [5.74, 6) is 1.64. The number of nitrogens with zero attached hydrogens (tertiary/aromatic N) is 1. The summed E-state index contributed by atoms with van der Waals surface area (Å²) in [5.41, 5.74) is 1.45. The number of anilines is 1. The molecule has 0 aliphatic carbocycles. The molecule has 5 nitrogen and oxygen atoms in total. The Kier molecular flexibility index (Phi) is 5.49. The molecule has 1 fully saturated rings. The van der Waals surface area contributed by atoms with Crippen molar-refractivity contribution >= 4 is 46.0 Å². The zero-order valence-electron chi connectivity index (χ0n) is 14.5. The number of benzene rings is 2. The zero-order chi connectivity index (χ0) is 18.7. The van der Waals surface area contributed by atoms with Gasteiger partial charge in [0.05, 0.1) is 31.9 Å². The third-order valence-corrected chi connectivity index (χ3v) is 5.13. The van der Waals surface area contributed by atoms with Crippen molar-refractivity contribution in [2.24, 2.45) is 0 Å². The molecule has 1 aliphatic rings. The third-order valence-electron chi connectivity index (χ3n) is 3.83. The summed E-state index contributed by atoms with van der Waals surface area (Å²) in [4.78, 5) is 14.9. The molecule has 0 atom stereocenters. The first-order valence-electron chi connectivity index (χ1n) is 7.72. The van der Waals surface area contributed by atoms with Crippen molar-refractivity contribution in [3.8, 4) is 17.2 Å². The molecule has 1 heterocycles. The second-order valence-electron chi connectivity index (χ2n) is 5.30. The molecule has 0 bridgehead atoms. The van der Waals surface area contributed by atoms with Gasteiger partial charge < -0.3 is 14.2 Å². The number of thioether (sulfide) groups is 1. The fraction of sp³-hybridized carbons (Fsp3) is 0.158. The van der Waals surface area contributed by atoms with Crippen LogP contribution in [0, 0.1) is 0 Å². The highest BCUT2D eigenvalue weighted by atomic mass is 32.2. The minimum atomic E-state index is -0.181. The van der Waals surface area contributed by atoms with Gasteiger partial charge in [-0.15, -0.1) is 0 Å². The maximum absolute atomic E-state index is 12.9. The number of hydrogen-bond donors (Lipinski definition) is 0. The first-order chi connectivity index (χ1) is 12.6. The monoisotopic (exact) mass is 387 g/mol. The Morgan fingerprint density at radius 3 is 2.35 bits per heavy atom. The van der Waals surface area contributed by atoms with Crippen LogP contribution >= 0.6 is 24.0 Å². The standard InChI is InChI=1S/C19H17NO4S2/c1-22-14-7-5-4-6-13(14)20-18(21)17(26-19(20)25)11-12-8-9-15(23-2)16(10-12)24-3/h4-11H,1-3H3/b17-11+. The fourth-order valence-electron chi connectivity index (χ4n) is 2.58. The number of hydrogen-bond acceptors (Lipinski definition) is 6. The molecule has 7 heteroatoms. The number of carbonyl (C=O) groups excluding carboxylic acids is 1. The van der Waals surface area contributed by atoms with E-state index in [-0.39, 0.29) is 5.91 Å². The van der Waals surface area contributed by atoms with E-state index >= 15 is 0 Å². The molecule has 134 valence electrons. The number of methoxy groups -OCH3 is 3. The van der Waals surface area contributed by atoms with Crippen molar-refractivity contribution in [1.29, 1.82) is 0 Å². The first-order valence-corrected chi connectivity index (χ1v) is 8.94. The molecule has 0 saturated carbocycles. The van der Waals surface area contributed by atoms with Crippen LogP contribution in [0.1, 0.15) is 5.56 Å². The Bertz CT molecular complexity index is 895. The molecule has 0 aromatic heterocycles. The van der Waals surface area contributed by atoms with E-state index < -0.39 is 0 Å². The number of ether oxygens (including phenoxy) is 3. The lowest BCUT2D eigenvalue weighted by Crippen LogP contribution is -2.27. The summed E-state index contributed by atoms with van der Waals surface area (Å²) < 4.78 is 16.4. The third kappa shape index (κ3) is 3.40. The van der Waals surface area contributed by atoms with E-state index in [0.717, 1.165) is 5.56 Å². The van der Waals surface area contributed by atoms with Gasteiger partial charge in [0, 0.05) is 0 Å². The Morgan fingerprint density at radius 1 is 0.962 bits per heavy atom. The van der Waals surface area contributed by atoms with Crippen molar-refractivity contribution in [3.63, 3.8) is 0 Å². The quantitative estimate of drug-likeness (QED) is 0.568. The van der Waals surface area contributed by atoms with Crippen LogP contribution in [0.5, 0.6) is 17.2 Å². The summed E-state index contributed by atoms with van der Waals surface area (Å²) in [5, 5.41) is 0. The highest BCUT2D eigenvalue weighted by Crippen LogP contribution is 2.40. The van der Waals surface area contributed by atoms with Crippen molar-refractivity contribution in [3.05, 3.63) is 52.9 Å². The van der Waals surface area contributed by atoms with Crippen LogP contribution in [0.15, 0.2) is 47.4 Å². The highest BCUT2D eigenvalue weighted by molar-refractivity contribution is 8.27. The summed E-state index contributed by atoms with van der Waals surface area (Å²) in [6, 6.07) is 12.8. The molecule has 1 aliphatic heterocycles. The molecule has 3 rings (SSSR count). The molecule has 26 heavy (non-hydrogen) atoms. The van der Waals surface area contributed by atoms with Gasteiger partial charge in [-0.1, -0.05) is 42.2 Å². The Morgan fingerprint density at radius 2 is 1.65 bits per heavy atom. The van der Waals surface area contributed by atoms with Crippen molar-refractivity contribution in [2.45, 2.75) is 0 Å². The maximum Gasteiger partial charge on any atom is 0.270 e. The van der Waals surface area contributed by atoms with Gasteiger partial charge in [0.1, 0.15) is 5.75 Å². The second-order valence-corrected chi connectivity index (χ2v) is 6.98. The molecule has 0 N–H and O–H groups in total. The van der Waals surface area contributed by atoms with Crippen molar-refractivity contribution in [1.82, 2.24) is 0 Å². The van der Waals surface area contributed by atoms with E-state index in [1.807, 2.05) is 30.3 Å². The molecule has 2 aromatic rings. The van der Waals surface area contributed by atoms with Gasteiger partial charge in [0.15, 0.2) is 15.8 Å². The summed E-state index contributed by atoms with van der Waals surface area (Å²) in [6.07, 6.45) is 1.79. The van der Waals surface area contributed by atoms with Gasteiger partial charge in [-0.2, -0.15) is 0 Å². The van der Waals surface area contributed by atoms with Gasteiger partial charge in [0.2, 0.25) is 0 Å². The van der Waals surface area contributed by atoms with Gasteiger partial charge >= 0.3 is 0 Å². The molecule has 0 spiro atoms. The van der Waals surface area contributed by atoms with Crippen LogP contribution in [0.2, 0.25) is 0 Å². The topological polar surface area (TPSA) is 48.0 Å². The molecular formula is C19H17NO4S2. The summed E-state index contributed by atoms with van der Waals surface area (Å²) in [7, 11) is 4.72. The molecule has 1 saturated heterocycles. The molecule has 2 aromatic carbocycles. The lowest BCUT2D eigenvalue weighted by molar-refractivity contribution is -0.113. The van der Waals surface area contributed by atoms with Crippen LogP contribution in [0.25, 0.3) is 6.08 Å². The van der Waals surface area contributed by atoms with E-state index in [1.165, 1.54) is 16.7 Å². The number of para-hydroxylation sites is 2. The summed E-state index contributed by atoms with van der Waals surface area (Å²) >= 11 is 6.67. The lowest BCUT2D eigenvalue weighted by Gasteiger charge is -2.17. The predicted molar refractivity (Wildman–Crippen MR) is 108 cm³/mol. The van der Waals surface area contributed by atoms with E-state index in [1.54, 1.807) is 39.5 Å². The van der Waals surface area contributed by atoms with Crippen LogP contribution in [-0.4, -0.2) is 31.6 Å². The van der Waals surface area contributed by atoms with Gasteiger partial charge in [-0.3, -0.25) is 9.69 Å². The number of amides is 1. The van der Waals surface area contributed by atoms with Crippen molar-refractivity contribution in [2.75, 3.05) is 26.2 Å². The highest BCUT2D eigenvalue weighted by Gasteiger charge is 2.34. The lowest BCUT2D eigenvalue weighted by atomic mass is 10.2. The molecular weight excluding hydrogens is 370 g/mol. The predicted octanol–water partition coefficient (Wildman–Crippen LogP) is 4.12. The van der Waals surface area contributed by atoms with E-state index in [0.29, 0.717) is 32.2 Å². The largest absolute Gasteiger partial charge is 0.495 e.